The smallest absolute Gasteiger partial charge is 0.185 e. The topological polar surface area (TPSA) is 36.4 Å². The standard InChI is InChI=1S/C16H22N2OS2/c1-12(10-20-3)18(2)16-17-14(11-21-16)9-15(19)13-7-5-4-6-8-13/h4-8,11-12,15,19H,9-10H2,1-3H3. The highest BCUT2D eigenvalue weighted by Crippen LogP contribution is 2.25. The van der Waals surface area contributed by atoms with Gasteiger partial charge in [0, 0.05) is 30.6 Å². The number of nitrogens with zero attached hydrogens (tertiary/aromatic N) is 2. The zero-order valence-electron chi connectivity index (χ0n) is 12.7. The average Bonchev–Trinajstić information content (AvgIpc) is 2.96. The maximum absolute atomic E-state index is 10.3. The van der Waals surface area contributed by atoms with Gasteiger partial charge < -0.3 is 10.0 Å². The van der Waals surface area contributed by atoms with Crippen molar-refractivity contribution in [2.24, 2.45) is 0 Å². The first kappa shape index (κ1) is 16.3. The number of aliphatic hydroxyl groups excluding tert-OH is 1. The monoisotopic (exact) mass is 322 g/mol. The van der Waals surface area contributed by atoms with Crippen molar-refractivity contribution in [3.05, 3.63) is 47.0 Å². The molecule has 1 heterocycles. The van der Waals surface area contributed by atoms with E-state index in [1.54, 1.807) is 11.3 Å². The molecule has 1 aromatic carbocycles. The van der Waals surface area contributed by atoms with Gasteiger partial charge in [0.25, 0.3) is 0 Å². The van der Waals surface area contributed by atoms with Crippen molar-refractivity contribution < 1.29 is 5.11 Å². The molecule has 21 heavy (non-hydrogen) atoms. The van der Waals surface area contributed by atoms with E-state index in [2.05, 4.69) is 30.1 Å². The van der Waals surface area contributed by atoms with Crippen LogP contribution in [0, 0.1) is 0 Å². The summed E-state index contributed by atoms with van der Waals surface area (Å²) in [5.41, 5.74) is 1.89. The Morgan fingerprint density at radius 3 is 2.71 bits per heavy atom. The van der Waals surface area contributed by atoms with E-state index >= 15 is 0 Å². The van der Waals surface area contributed by atoms with Crippen LogP contribution >= 0.6 is 23.1 Å². The minimum Gasteiger partial charge on any atom is -0.388 e. The van der Waals surface area contributed by atoms with Crippen LogP contribution < -0.4 is 4.90 Å². The number of rotatable bonds is 7. The third kappa shape index (κ3) is 4.46. The molecule has 114 valence electrons. The molecule has 3 nitrogen and oxygen atoms in total. The molecule has 0 aliphatic rings. The summed E-state index contributed by atoms with van der Waals surface area (Å²) in [6.07, 6.45) is 2.19. The first-order valence-corrected chi connectivity index (χ1v) is 9.28. The van der Waals surface area contributed by atoms with Gasteiger partial charge in [0.1, 0.15) is 0 Å². The molecule has 2 unspecified atom stereocenters. The summed E-state index contributed by atoms with van der Waals surface area (Å²) in [4.78, 5) is 6.86. The maximum Gasteiger partial charge on any atom is 0.185 e. The van der Waals surface area contributed by atoms with Gasteiger partial charge in [0.05, 0.1) is 11.8 Å². The minimum absolute atomic E-state index is 0.457. The van der Waals surface area contributed by atoms with E-state index in [1.165, 1.54) is 0 Å². The molecule has 1 N–H and O–H groups in total. The molecular weight excluding hydrogens is 300 g/mol. The molecule has 2 rings (SSSR count). The lowest BCUT2D eigenvalue weighted by Crippen LogP contribution is -2.30. The van der Waals surface area contributed by atoms with Crippen LogP contribution in [0.3, 0.4) is 0 Å². The van der Waals surface area contributed by atoms with E-state index in [1.807, 2.05) is 47.5 Å². The van der Waals surface area contributed by atoms with Crippen molar-refractivity contribution in [1.29, 1.82) is 0 Å². The Kier molecular flexibility index (Phi) is 6.08. The average molecular weight is 322 g/mol. The van der Waals surface area contributed by atoms with E-state index < -0.39 is 6.10 Å². The van der Waals surface area contributed by atoms with Crippen molar-refractivity contribution in [3.63, 3.8) is 0 Å². The Morgan fingerprint density at radius 1 is 1.33 bits per heavy atom. The molecule has 0 aliphatic heterocycles. The highest BCUT2D eigenvalue weighted by molar-refractivity contribution is 7.98. The molecule has 5 heteroatoms. The predicted molar refractivity (Wildman–Crippen MR) is 93.5 cm³/mol. The van der Waals surface area contributed by atoms with Gasteiger partial charge in [-0.2, -0.15) is 11.8 Å². The number of aliphatic hydroxyl groups is 1. The minimum atomic E-state index is -0.491. The maximum atomic E-state index is 10.3. The lowest BCUT2D eigenvalue weighted by atomic mass is 10.1. The van der Waals surface area contributed by atoms with Crippen LogP contribution in [0.4, 0.5) is 5.13 Å². The van der Waals surface area contributed by atoms with Crippen LogP contribution in [0.1, 0.15) is 24.3 Å². The van der Waals surface area contributed by atoms with Crippen LogP contribution in [0.25, 0.3) is 0 Å². The highest BCUT2D eigenvalue weighted by atomic mass is 32.2. The van der Waals surface area contributed by atoms with Crippen molar-refractivity contribution in [3.8, 4) is 0 Å². The van der Waals surface area contributed by atoms with Gasteiger partial charge in [-0.05, 0) is 18.7 Å². The molecule has 0 fully saturated rings. The zero-order valence-corrected chi connectivity index (χ0v) is 14.3. The van der Waals surface area contributed by atoms with Gasteiger partial charge in [-0.15, -0.1) is 11.3 Å². The van der Waals surface area contributed by atoms with Crippen molar-refractivity contribution >= 4 is 28.2 Å². The number of hydrogen-bond acceptors (Lipinski definition) is 5. The number of hydrogen-bond donors (Lipinski definition) is 1. The van der Waals surface area contributed by atoms with Crippen LogP contribution in [-0.4, -0.2) is 35.2 Å². The van der Waals surface area contributed by atoms with Crippen molar-refractivity contribution in [1.82, 2.24) is 4.98 Å². The van der Waals surface area contributed by atoms with Crippen molar-refractivity contribution in [2.75, 3.05) is 24.0 Å². The summed E-state index contributed by atoms with van der Waals surface area (Å²) < 4.78 is 0. The highest BCUT2D eigenvalue weighted by Gasteiger charge is 2.15. The fourth-order valence-corrected chi connectivity index (χ4v) is 3.70. The van der Waals surface area contributed by atoms with E-state index in [9.17, 15) is 5.11 Å². The molecule has 2 atom stereocenters. The third-order valence-corrected chi connectivity index (χ3v) is 5.29. The second kappa shape index (κ2) is 7.82. The first-order chi connectivity index (χ1) is 10.1. The fraction of sp³-hybridized carbons (Fsp3) is 0.438. The second-order valence-corrected chi connectivity index (χ2v) is 6.91. The quantitative estimate of drug-likeness (QED) is 0.845. The van der Waals surface area contributed by atoms with Gasteiger partial charge in [-0.25, -0.2) is 4.98 Å². The molecule has 1 aromatic heterocycles. The number of benzene rings is 1. The van der Waals surface area contributed by atoms with Crippen LogP contribution in [-0.2, 0) is 6.42 Å². The molecule has 0 radical (unpaired) electrons. The fourth-order valence-electron chi connectivity index (χ4n) is 2.08. The largest absolute Gasteiger partial charge is 0.388 e. The van der Waals surface area contributed by atoms with E-state index in [0.717, 1.165) is 22.1 Å². The Balaban J connectivity index is 2.00. The molecule has 0 saturated carbocycles. The van der Waals surface area contributed by atoms with E-state index in [-0.39, 0.29) is 0 Å². The van der Waals surface area contributed by atoms with Gasteiger partial charge in [0.15, 0.2) is 5.13 Å². The molecule has 2 aromatic rings. The number of thiazole rings is 1. The van der Waals surface area contributed by atoms with Gasteiger partial charge >= 0.3 is 0 Å². The summed E-state index contributed by atoms with van der Waals surface area (Å²) in [6.45, 7) is 2.20. The van der Waals surface area contributed by atoms with E-state index in [0.29, 0.717) is 12.5 Å². The van der Waals surface area contributed by atoms with Crippen LogP contribution in [0.5, 0.6) is 0 Å². The van der Waals surface area contributed by atoms with E-state index in [4.69, 9.17) is 0 Å². The zero-order chi connectivity index (χ0) is 15.2. The third-order valence-electron chi connectivity index (χ3n) is 3.50. The molecular formula is C16H22N2OS2. The second-order valence-electron chi connectivity index (χ2n) is 5.17. The Morgan fingerprint density at radius 2 is 2.05 bits per heavy atom. The summed E-state index contributed by atoms with van der Waals surface area (Å²) in [6, 6.07) is 10.2. The van der Waals surface area contributed by atoms with Crippen LogP contribution in [0.15, 0.2) is 35.7 Å². The lowest BCUT2D eigenvalue weighted by Gasteiger charge is -2.23. The number of thioether (sulfide) groups is 1. The summed E-state index contributed by atoms with van der Waals surface area (Å²) in [5.74, 6) is 1.08. The molecule has 0 saturated heterocycles. The summed E-state index contributed by atoms with van der Waals surface area (Å²) in [7, 11) is 2.08. The number of aromatic nitrogens is 1. The SMILES string of the molecule is CSCC(C)N(C)c1nc(CC(O)c2ccccc2)cs1. The van der Waals surface area contributed by atoms with Crippen LogP contribution in [0.2, 0.25) is 0 Å². The molecule has 0 amide bonds. The molecule has 0 spiro atoms. The van der Waals surface area contributed by atoms with Gasteiger partial charge in [-0.1, -0.05) is 30.3 Å². The number of anilines is 1. The lowest BCUT2D eigenvalue weighted by molar-refractivity contribution is 0.177. The van der Waals surface area contributed by atoms with Gasteiger partial charge in [0.2, 0.25) is 0 Å². The molecule has 0 bridgehead atoms. The Hall–Kier alpha value is -1.04. The Labute approximate surface area is 135 Å². The summed E-state index contributed by atoms with van der Waals surface area (Å²) >= 11 is 3.49. The predicted octanol–water partition coefficient (Wildman–Crippen LogP) is 3.61. The Bertz CT molecular complexity index is 544. The van der Waals surface area contributed by atoms with Crippen molar-refractivity contribution in [2.45, 2.75) is 25.5 Å². The normalized spacial score (nSPS) is 13.9. The van der Waals surface area contributed by atoms with Gasteiger partial charge in [-0.3, -0.25) is 0 Å². The first-order valence-electron chi connectivity index (χ1n) is 7.01. The summed E-state index contributed by atoms with van der Waals surface area (Å²) in [5, 5.41) is 13.3. The molecule has 0 aliphatic carbocycles.